The molecule has 0 bridgehead atoms. The molecule has 0 fully saturated rings. The molecule has 0 radical (unpaired) electrons. The minimum absolute atomic E-state index is 0.145. The van der Waals surface area contributed by atoms with E-state index in [1.165, 1.54) is 11.3 Å². The van der Waals surface area contributed by atoms with E-state index in [4.69, 9.17) is 26.1 Å². The molecule has 0 saturated heterocycles. The van der Waals surface area contributed by atoms with Gasteiger partial charge in [-0.15, -0.1) is 0 Å². The highest BCUT2D eigenvalue weighted by molar-refractivity contribution is 7.07. The second-order valence-corrected chi connectivity index (χ2v) is 12.3. The van der Waals surface area contributed by atoms with Gasteiger partial charge in [0, 0.05) is 29.2 Å². The molecule has 7 nitrogen and oxygen atoms in total. The highest BCUT2D eigenvalue weighted by Gasteiger charge is 2.36. The lowest BCUT2D eigenvalue weighted by molar-refractivity contribution is -0.127. The Balaban J connectivity index is 1.46. The second kappa shape index (κ2) is 13.4. The van der Waals surface area contributed by atoms with E-state index in [0.29, 0.717) is 56.8 Å². The van der Waals surface area contributed by atoms with Crippen LogP contribution in [0.5, 0.6) is 11.5 Å². The minimum atomic E-state index is -0.729. The van der Waals surface area contributed by atoms with Gasteiger partial charge in [-0.2, -0.15) is 0 Å². The van der Waals surface area contributed by atoms with Crippen LogP contribution in [0.4, 0.5) is 0 Å². The largest absolute Gasteiger partial charge is 0.496 e. The molecule has 0 unspecified atom stereocenters. The smallest absolute Gasteiger partial charge is 0.271 e. The Morgan fingerprint density at radius 2 is 1.72 bits per heavy atom. The summed E-state index contributed by atoms with van der Waals surface area (Å²) in [5.74, 6) is 1.15. The molecular weight excluding hydrogens is 618 g/mol. The van der Waals surface area contributed by atoms with Gasteiger partial charge in [0.25, 0.3) is 11.5 Å². The molecule has 9 heteroatoms. The van der Waals surface area contributed by atoms with E-state index in [9.17, 15) is 9.59 Å². The van der Waals surface area contributed by atoms with Gasteiger partial charge in [-0.25, -0.2) is 4.99 Å². The highest BCUT2D eigenvalue weighted by atomic mass is 35.5. The second-order valence-electron chi connectivity index (χ2n) is 10.9. The highest BCUT2D eigenvalue weighted by Crippen LogP contribution is 2.40. The molecule has 5 aromatic rings. The summed E-state index contributed by atoms with van der Waals surface area (Å²) in [5, 5.41) is 2.56. The molecule has 1 amide bonds. The summed E-state index contributed by atoms with van der Waals surface area (Å²) >= 11 is 7.58. The maximum atomic E-state index is 14.3. The summed E-state index contributed by atoms with van der Waals surface area (Å²) in [6.07, 6.45) is 1.85. The SMILES string of the molecule is CCN(CC)C(=O)C1=C(C)N=c2s/c(=C/c3ccc(OCc4ccccc4Cl)cc3)c(=O)n2[C@H]1c1c(OC)ccc2ccccc12. The normalized spacial score (nSPS) is 14.6. The predicted molar refractivity (Wildman–Crippen MR) is 184 cm³/mol. The number of ether oxygens (including phenoxy) is 2. The van der Waals surface area contributed by atoms with Crippen LogP contribution in [0.1, 0.15) is 43.5 Å². The van der Waals surface area contributed by atoms with Gasteiger partial charge in [0.15, 0.2) is 4.80 Å². The number of nitrogens with zero attached hydrogens (tertiary/aromatic N) is 3. The number of halogens is 1. The Morgan fingerprint density at radius 1 is 1.00 bits per heavy atom. The Bertz CT molecular complexity index is 2150. The van der Waals surface area contributed by atoms with Gasteiger partial charge in [0.1, 0.15) is 24.1 Å². The average molecular weight is 652 g/mol. The number of carbonyl (C=O) groups is 1. The molecule has 6 rings (SSSR count). The van der Waals surface area contributed by atoms with E-state index in [1.54, 1.807) is 16.6 Å². The van der Waals surface area contributed by atoms with E-state index in [2.05, 4.69) is 0 Å². The van der Waals surface area contributed by atoms with E-state index >= 15 is 0 Å². The molecule has 4 aromatic carbocycles. The average Bonchev–Trinajstić information content (AvgIpc) is 3.37. The number of thiazole rings is 1. The minimum Gasteiger partial charge on any atom is -0.496 e. The molecule has 1 aliphatic rings. The quantitative estimate of drug-likeness (QED) is 0.183. The van der Waals surface area contributed by atoms with Crippen molar-refractivity contribution in [1.82, 2.24) is 9.47 Å². The van der Waals surface area contributed by atoms with Crippen LogP contribution < -0.4 is 24.4 Å². The van der Waals surface area contributed by atoms with Gasteiger partial charge >= 0.3 is 0 Å². The molecule has 1 atom stereocenters. The maximum absolute atomic E-state index is 14.3. The molecule has 0 saturated carbocycles. The van der Waals surface area contributed by atoms with Crippen LogP contribution in [0, 0.1) is 0 Å². The number of rotatable bonds is 9. The van der Waals surface area contributed by atoms with Gasteiger partial charge in [-0.05, 0) is 67.4 Å². The van der Waals surface area contributed by atoms with E-state index < -0.39 is 6.04 Å². The zero-order chi connectivity index (χ0) is 32.4. The summed E-state index contributed by atoms with van der Waals surface area (Å²) in [4.78, 5) is 35.6. The van der Waals surface area contributed by atoms with Crippen molar-refractivity contribution in [3.8, 4) is 11.5 Å². The lowest BCUT2D eigenvalue weighted by Gasteiger charge is -2.30. The number of benzene rings is 4. The molecule has 0 N–H and O–H groups in total. The molecular formula is C37H34ClN3O4S. The van der Waals surface area contributed by atoms with Crippen LogP contribution in [0.3, 0.4) is 0 Å². The van der Waals surface area contributed by atoms with Crippen molar-refractivity contribution in [2.24, 2.45) is 4.99 Å². The fourth-order valence-electron chi connectivity index (χ4n) is 5.87. The summed E-state index contributed by atoms with van der Waals surface area (Å²) in [6, 6.07) is 26.3. The third-order valence-electron chi connectivity index (χ3n) is 8.26. The van der Waals surface area contributed by atoms with Crippen LogP contribution in [0.2, 0.25) is 5.02 Å². The van der Waals surface area contributed by atoms with E-state index in [-0.39, 0.29) is 11.5 Å². The van der Waals surface area contributed by atoms with Gasteiger partial charge < -0.3 is 14.4 Å². The van der Waals surface area contributed by atoms with Crippen LogP contribution in [-0.4, -0.2) is 35.6 Å². The summed E-state index contributed by atoms with van der Waals surface area (Å²) in [7, 11) is 1.61. The number of aromatic nitrogens is 1. The third-order valence-corrected chi connectivity index (χ3v) is 9.61. The number of carbonyl (C=O) groups excluding carboxylic acids is 1. The van der Waals surface area contributed by atoms with Crippen molar-refractivity contribution in [2.45, 2.75) is 33.4 Å². The van der Waals surface area contributed by atoms with Crippen molar-refractivity contribution in [2.75, 3.05) is 20.2 Å². The van der Waals surface area contributed by atoms with Crippen molar-refractivity contribution in [3.05, 3.63) is 138 Å². The van der Waals surface area contributed by atoms with Gasteiger partial charge in [-0.3, -0.25) is 14.2 Å². The number of methoxy groups -OCH3 is 1. The standard InChI is InChI=1S/C37H34ClN3O4S/c1-5-40(6-2)36(43)32-23(3)39-37-41(34(32)33-28-13-9-7-11-25(28)17-20-30(33)44-4)35(42)31(46-37)21-24-15-18-27(19-16-24)45-22-26-12-8-10-14-29(26)38/h7-21,34H,5-6,22H2,1-4H3/b31-21+/t34-/m1/s1. The van der Waals surface area contributed by atoms with E-state index in [1.807, 2.05) is 112 Å². The molecule has 2 heterocycles. The number of hydrogen-bond donors (Lipinski definition) is 0. The zero-order valence-electron chi connectivity index (χ0n) is 26.1. The number of fused-ring (bicyclic) bond motifs is 2. The molecule has 0 aliphatic carbocycles. The summed E-state index contributed by atoms with van der Waals surface area (Å²) in [5.41, 5.74) is 3.34. The zero-order valence-corrected chi connectivity index (χ0v) is 27.7. The van der Waals surface area contributed by atoms with Crippen LogP contribution in [0.15, 0.2) is 106 Å². The first kappa shape index (κ1) is 31.3. The first-order valence-electron chi connectivity index (χ1n) is 15.2. The lowest BCUT2D eigenvalue weighted by Crippen LogP contribution is -2.43. The van der Waals surface area contributed by atoms with Crippen molar-refractivity contribution in [3.63, 3.8) is 0 Å². The first-order valence-corrected chi connectivity index (χ1v) is 16.4. The molecule has 46 heavy (non-hydrogen) atoms. The fraction of sp³-hybridized carbons (Fsp3) is 0.216. The molecule has 0 spiro atoms. The molecule has 234 valence electrons. The van der Waals surface area contributed by atoms with E-state index in [0.717, 1.165) is 27.5 Å². The Kier molecular flexibility index (Phi) is 9.10. The summed E-state index contributed by atoms with van der Waals surface area (Å²) in [6.45, 7) is 7.17. The molecule has 1 aromatic heterocycles. The Hall–Kier alpha value is -4.66. The van der Waals surface area contributed by atoms with Crippen LogP contribution in [-0.2, 0) is 11.4 Å². The van der Waals surface area contributed by atoms with Gasteiger partial charge in [-0.1, -0.05) is 83.6 Å². The Morgan fingerprint density at radius 3 is 2.43 bits per heavy atom. The topological polar surface area (TPSA) is 73.1 Å². The van der Waals surface area contributed by atoms with Gasteiger partial charge in [0.05, 0.1) is 22.9 Å². The first-order chi connectivity index (χ1) is 22.3. The van der Waals surface area contributed by atoms with Crippen molar-refractivity contribution < 1.29 is 14.3 Å². The lowest BCUT2D eigenvalue weighted by atomic mass is 9.90. The Labute approximate surface area is 276 Å². The predicted octanol–water partition coefficient (Wildman–Crippen LogP) is 6.50. The third kappa shape index (κ3) is 5.86. The monoisotopic (exact) mass is 651 g/mol. The molecule has 1 aliphatic heterocycles. The van der Waals surface area contributed by atoms with Crippen molar-refractivity contribution >= 4 is 45.7 Å². The van der Waals surface area contributed by atoms with Gasteiger partial charge in [0.2, 0.25) is 0 Å². The number of hydrogen-bond acceptors (Lipinski definition) is 6. The number of likely N-dealkylation sites (N-methyl/N-ethyl adjacent to an activating group) is 1. The van der Waals surface area contributed by atoms with Crippen LogP contribution in [0.25, 0.3) is 16.8 Å². The summed E-state index contributed by atoms with van der Waals surface area (Å²) < 4.78 is 14.0. The van der Waals surface area contributed by atoms with Crippen LogP contribution >= 0.6 is 22.9 Å². The maximum Gasteiger partial charge on any atom is 0.271 e. The number of amides is 1. The fourth-order valence-corrected chi connectivity index (χ4v) is 7.11. The van der Waals surface area contributed by atoms with Crippen molar-refractivity contribution in [1.29, 1.82) is 0 Å². The number of allylic oxidation sites excluding steroid dienone is 1.